The van der Waals surface area contributed by atoms with Crippen LogP contribution in [0.2, 0.25) is 0 Å². The standard InChI is InChI=1S/C20H22O2/c1-12(2)14-9-10-16-18(11-14)20(22,13(3)4)17-8-6-5-7-15(17)19(16)21/h5-13,22H,1-4H3/t20-/m1/s1. The van der Waals surface area contributed by atoms with Crippen molar-refractivity contribution in [1.29, 1.82) is 0 Å². The summed E-state index contributed by atoms with van der Waals surface area (Å²) in [5.74, 6) is 0.336. The Hall–Kier alpha value is -1.93. The Bertz CT molecular complexity index is 743. The van der Waals surface area contributed by atoms with Gasteiger partial charge in [0.15, 0.2) is 5.78 Å². The van der Waals surface area contributed by atoms with Gasteiger partial charge in [0.25, 0.3) is 0 Å². The molecule has 2 aromatic rings. The third kappa shape index (κ3) is 1.94. The molecule has 0 fully saturated rings. The van der Waals surface area contributed by atoms with Gasteiger partial charge < -0.3 is 5.11 Å². The average Bonchev–Trinajstić information content (AvgIpc) is 2.51. The molecular weight excluding hydrogens is 272 g/mol. The first-order valence-corrected chi connectivity index (χ1v) is 7.88. The molecule has 2 heteroatoms. The van der Waals surface area contributed by atoms with Crippen LogP contribution in [0, 0.1) is 5.92 Å². The molecule has 0 aliphatic heterocycles. The van der Waals surface area contributed by atoms with Gasteiger partial charge in [-0.2, -0.15) is 0 Å². The number of carbonyl (C=O) groups is 1. The molecule has 2 nitrogen and oxygen atoms in total. The van der Waals surface area contributed by atoms with Crippen molar-refractivity contribution in [3.63, 3.8) is 0 Å². The van der Waals surface area contributed by atoms with E-state index >= 15 is 0 Å². The molecule has 22 heavy (non-hydrogen) atoms. The van der Waals surface area contributed by atoms with E-state index in [9.17, 15) is 9.90 Å². The van der Waals surface area contributed by atoms with Gasteiger partial charge in [-0.15, -0.1) is 0 Å². The summed E-state index contributed by atoms with van der Waals surface area (Å²) in [5, 5.41) is 11.5. The number of aliphatic hydroxyl groups is 1. The molecule has 3 rings (SSSR count). The summed E-state index contributed by atoms with van der Waals surface area (Å²) in [5.41, 5.74) is 2.73. The minimum atomic E-state index is -1.12. The van der Waals surface area contributed by atoms with Crippen LogP contribution in [0.5, 0.6) is 0 Å². The molecule has 0 amide bonds. The first-order valence-electron chi connectivity index (χ1n) is 7.88. The summed E-state index contributed by atoms with van der Waals surface area (Å²) in [6, 6.07) is 13.3. The second-order valence-corrected chi connectivity index (χ2v) is 6.76. The van der Waals surface area contributed by atoms with Crippen molar-refractivity contribution < 1.29 is 9.90 Å². The van der Waals surface area contributed by atoms with E-state index in [0.717, 1.165) is 16.7 Å². The predicted molar refractivity (Wildman–Crippen MR) is 88.2 cm³/mol. The van der Waals surface area contributed by atoms with Gasteiger partial charge in [-0.1, -0.05) is 70.2 Å². The number of hydrogen-bond donors (Lipinski definition) is 1. The van der Waals surface area contributed by atoms with Gasteiger partial charge >= 0.3 is 0 Å². The van der Waals surface area contributed by atoms with Gasteiger partial charge in [-0.25, -0.2) is 0 Å². The van der Waals surface area contributed by atoms with E-state index < -0.39 is 5.60 Å². The fourth-order valence-electron chi connectivity index (χ4n) is 3.36. The lowest BCUT2D eigenvalue weighted by atomic mass is 9.68. The Balaban J connectivity index is 2.35. The van der Waals surface area contributed by atoms with Crippen molar-refractivity contribution in [2.45, 2.75) is 39.2 Å². The molecule has 114 valence electrons. The Morgan fingerprint density at radius 3 is 2.18 bits per heavy atom. The molecule has 1 aliphatic carbocycles. The molecule has 0 unspecified atom stereocenters. The van der Waals surface area contributed by atoms with E-state index in [4.69, 9.17) is 0 Å². The maximum absolute atomic E-state index is 12.8. The van der Waals surface area contributed by atoms with Crippen LogP contribution >= 0.6 is 0 Å². The van der Waals surface area contributed by atoms with Crippen molar-refractivity contribution in [1.82, 2.24) is 0 Å². The van der Waals surface area contributed by atoms with E-state index in [1.165, 1.54) is 0 Å². The van der Waals surface area contributed by atoms with Crippen LogP contribution in [-0.4, -0.2) is 10.9 Å². The molecular formula is C20H22O2. The minimum Gasteiger partial charge on any atom is -0.380 e. The normalized spacial score (nSPS) is 20.2. The number of benzene rings is 2. The van der Waals surface area contributed by atoms with Gasteiger partial charge in [0.05, 0.1) is 0 Å². The topological polar surface area (TPSA) is 37.3 Å². The summed E-state index contributed by atoms with van der Waals surface area (Å²) in [7, 11) is 0. The van der Waals surface area contributed by atoms with Crippen molar-refractivity contribution in [3.05, 3.63) is 70.3 Å². The maximum atomic E-state index is 12.8. The number of rotatable bonds is 2. The zero-order chi connectivity index (χ0) is 16.1. The van der Waals surface area contributed by atoms with Gasteiger partial charge in [0, 0.05) is 11.1 Å². The summed E-state index contributed by atoms with van der Waals surface area (Å²) in [4.78, 5) is 12.8. The monoisotopic (exact) mass is 294 g/mol. The molecule has 1 aliphatic rings. The number of hydrogen-bond acceptors (Lipinski definition) is 2. The highest BCUT2D eigenvalue weighted by Crippen LogP contribution is 2.45. The third-order valence-electron chi connectivity index (χ3n) is 4.78. The van der Waals surface area contributed by atoms with Crippen LogP contribution in [0.1, 0.15) is 66.2 Å². The lowest BCUT2D eigenvalue weighted by molar-refractivity contribution is 0.0277. The fourth-order valence-corrected chi connectivity index (χ4v) is 3.36. The molecule has 0 bridgehead atoms. The lowest BCUT2D eigenvalue weighted by Crippen LogP contribution is -2.40. The van der Waals surface area contributed by atoms with Gasteiger partial charge in [0.1, 0.15) is 5.60 Å². The van der Waals surface area contributed by atoms with Crippen LogP contribution < -0.4 is 0 Å². The summed E-state index contributed by atoms with van der Waals surface area (Å²) >= 11 is 0. The number of fused-ring (bicyclic) bond motifs is 2. The molecule has 0 aromatic heterocycles. The zero-order valence-corrected chi connectivity index (χ0v) is 13.6. The molecule has 0 saturated carbocycles. The highest BCUT2D eigenvalue weighted by atomic mass is 16.3. The molecule has 0 saturated heterocycles. The quantitative estimate of drug-likeness (QED) is 0.899. The van der Waals surface area contributed by atoms with Gasteiger partial charge in [-0.05, 0) is 28.5 Å². The van der Waals surface area contributed by atoms with Crippen LogP contribution in [0.4, 0.5) is 0 Å². The summed E-state index contributed by atoms with van der Waals surface area (Å²) < 4.78 is 0. The third-order valence-corrected chi connectivity index (χ3v) is 4.78. The van der Waals surface area contributed by atoms with E-state index in [-0.39, 0.29) is 11.7 Å². The van der Waals surface area contributed by atoms with Gasteiger partial charge in [-0.3, -0.25) is 4.79 Å². The Kier molecular flexibility index (Phi) is 3.45. The average molecular weight is 294 g/mol. The second-order valence-electron chi connectivity index (χ2n) is 6.76. The fraction of sp³-hybridized carbons (Fsp3) is 0.350. The first kappa shape index (κ1) is 15.0. The molecule has 2 aromatic carbocycles. The largest absolute Gasteiger partial charge is 0.380 e. The number of carbonyl (C=O) groups excluding carboxylic acids is 1. The van der Waals surface area contributed by atoms with E-state index in [0.29, 0.717) is 17.0 Å². The van der Waals surface area contributed by atoms with Gasteiger partial charge in [0.2, 0.25) is 0 Å². The Morgan fingerprint density at radius 1 is 0.909 bits per heavy atom. The molecule has 1 N–H and O–H groups in total. The molecule has 0 spiro atoms. The van der Waals surface area contributed by atoms with Crippen molar-refractivity contribution in [2.75, 3.05) is 0 Å². The first-order chi connectivity index (χ1) is 10.4. The zero-order valence-electron chi connectivity index (χ0n) is 13.6. The predicted octanol–water partition coefficient (Wildman–Crippen LogP) is 4.25. The molecule has 0 heterocycles. The van der Waals surface area contributed by atoms with Crippen molar-refractivity contribution in [3.8, 4) is 0 Å². The smallest absolute Gasteiger partial charge is 0.193 e. The minimum absolute atomic E-state index is 0.00577. The van der Waals surface area contributed by atoms with Crippen molar-refractivity contribution in [2.24, 2.45) is 5.92 Å². The van der Waals surface area contributed by atoms with E-state index in [1.54, 1.807) is 0 Å². The van der Waals surface area contributed by atoms with Crippen LogP contribution in [0.3, 0.4) is 0 Å². The van der Waals surface area contributed by atoms with Crippen molar-refractivity contribution >= 4 is 5.78 Å². The van der Waals surface area contributed by atoms with Crippen LogP contribution in [0.25, 0.3) is 0 Å². The maximum Gasteiger partial charge on any atom is 0.193 e. The summed E-state index contributed by atoms with van der Waals surface area (Å²) in [6.07, 6.45) is 0. The molecule has 1 atom stereocenters. The SMILES string of the molecule is CC(C)c1ccc2c(c1)[C@@](O)(C(C)C)c1ccccc1C2=O. The summed E-state index contributed by atoms with van der Waals surface area (Å²) in [6.45, 7) is 8.24. The number of ketones is 1. The highest BCUT2D eigenvalue weighted by Gasteiger charge is 2.44. The molecule has 0 radical (unpaired) electrons. The highest BCUT2D eigenvalue weighted by molar-refractivity contribution is 6.13. The van der Waals surface area contributed by atoms with Crippen LogP contribution in [0.15, 0.2) is 42.5 Å². The van der Waals surface area contributed by atoms with Crippen LogP contribution in [-0.2, 0) is 5.60 Å². The van der Waals surface area contributed by atoms with E-state index in [1.807, 2.05) is 56.3 Å². The second kappa shape index (κ2) is 5.06. The lowest BCUT2D eigenvalue weighted by Gasteiger charge is -2.39. The Morgan fingerprint density at radius 2 is 1.55 bits per heavy atom. The van der Waals surface area contributed by atoms with E-state index in [2.05, 4.69) is 13.8 Å². The Labute approximate surface area is 131 Å².